The van der Waals surface area contributed by atoms with Crippen molar-refractivity contribution in [3.8, 4) is 56.9 Å². The molecule has 262 valence electrons. The van der Waals surface area contributed by atoms with E-state index in [1.165, 1.54) is 0 Å². The molecule has 0 atom stereocenters. The Bertz CT molecular complexity index is 3180. The molecule has 0 N–H and O–H groups in total. The van der Waals surface area contributed by atoms with Crippen LogP contribution in [0.15, 0.2) is 188 Å². The van der Waals surface area contributed by atoms with Crippen LogP contribution in [-0.4, -0.2) is 34.1 Å². The molecule has 0 saturated heterocycles. The zero-order valence-corrected chi connectivity index (χ0v) is 30.0. The molecule has 56 heavy (non-hydrogen) atoms. The van der Waals surface area contributed by atoms with E-state index in [2.05, 4.69) is 112 Å². The Hall–Kier alpha value is -7.77. The molecule has 4 aromatic heterocycles. The van der Waals surface area contributed by atoms with Crippen molar-refractivity contribution in [1.29, 1.82) is 0 Å². The van der Waals surface area contributed by atoms with Crippen molar-refractivity contribution < 1.29 is 0 Å². The number of fused-ring (bicyclic) bond motifs is 5. The average molecular weight is 718 g/mol. The fourth-order valence-electron chi connectivity index (χ4n) is 7.90. The second-order valence-electron chi connectivity index (χ2n) is 13.8. The molecule has 4 heterocycles. The van der Waals surface area contributed by atoms with Gasteiger partial charge in [-0.05, 0) is 65.7 Å². The van der Waals surface area contributed by atoms with Crippen molar-refractivity contribution in [3.63, 3.8) is 0 Å². The SMILES string of the molecule is c1ccc(-c2nc(-c3ccccc3)nc(-n3c4ccccc4c4cc(-c5ccc(-c6nc7ccccc7n6-c6ccccc6)c6ncccc56)ccc43)n2)cc1. The highest BCUT2D eigenvalue weighted by Crippen LogP contribution is 2.40. The predicted molar refractivity (Wildman–Crippen MR) is 226 cm³/mol. The van der Waals surface area contributed by atoms with Gasteiger partial charge in [0.15, 0.2) is 11.6 Å². The van der Waals surface area contributed by atoms with Gasteiger partial charge in [0.05, 0.1) is 27.6 Å². The summed E-state index contributed by atoms with van der Waals surface area (Å²) in [6.07, 6.45) is 1.87. The summed E-state index contributed by atoms with van der Waals surface area (Å²) >= 11 is 0. The number of benzene rings is 7. The van der Waals surface area contributed by atoms with Crippen LogP contribution < -0.4 is 0 Å². The van der Waals surface area contributed by atoms with E-state index in [-0.39, 0.29) is 0 Å². The molecule has 7 aromatic carbocycles. The van der Waals surface area contributed by atoms with Crippen LogP contribution in [0, 0.1) is 0 Å². The lowest BCUT2D eigenvalue weighted by molar-refractivity contribution is 0.953. The van der Waals surface area contributed by atoms with Crippen molar-refractivity contribution >= 4 is 43.7 Å². The number of aromatic nitrogens is 7. The first-order valence-corrected chi connectivity index (χ1v) is 18.6. The van der Waals surface area contributed by atoms with Crippen molar-refractivity contribution in [2.75, 3.05) is 0 Å². The summed E-state index contributed by atoms with van der Waals surface area (Å²) in [5.74, 6) is 2.67. The standard InChI is InChI=1S/C49H31N7/c1-4-15-32(16-5-1)46-52-47(33-17-6-2-7-18-33)54-49(53-46)56-42-24-12-10-21-37(42)40-31-34(26-29-43(40)56)36-27-28-39(45-38(36)22-14-30-50-45)48-51-41-23-11-13-25-44(41)55(48)35-19-8-3-9-20-35/h1-31H. The predicted octanol–water partition coefficient (Wildman–Crippen LogP) is 11.5. The number of pyridine rings is 1. The van der Waals surface area contributed by atoms with Crippen molar-refractivity contribution in [3.05, 3.63) is 188 Å². The van der Waals surface area contributed by atoms with Gasteiger partial charge in [-0.2, -0.15) is 9.97 Å². The lowest BCUT2D eigenvalue weighted by atomic mass is 9.96. The lowest BCUT2D eigenvalue weighted by Gasteiger charge is -2.14. The minimum Gasteiger partial charge on any atom is -0.292 e. The zero-order chi connectivity index (χ0) is 37.0. The molecule has 7 heteroatoms. The first-order valence-electron chi connectivity index (χ1n) is 18.6. The molecule has 0 amide bonds. The van der Waals surface area contributed by atoms with Crippen LogP contribution in [0.1, 0.15) is 0 Å². The largest absolute Gasteiger partial charge is 0.292 e. The quantitative estimate of drug-likeness (QED) is 0.171. The first-order chi connectivity index (χ1) is 27.8. The Morgan fingerprint density at radius 1 is 0.375 bits per heavy atom. The summed E-state index contributed by atoms with van der Waals surface area (Å²) in [7, 11) is 0. The fourth-order valence-corrected chi connectivity index (χ4v) is 7.90. The van der Waals surface area contributed by atoms with Gasteiger partial charge in [0, 0.05) is 44.7 Å². The molecule has 11 aromatic rings. The monoisotopic (exact) mass is 717 g/mol. The fraction of sp³-hybridized carbons (Fsp3) is 0. The molecule has 0 radical (unpaired) electrons. The third kappa shape index (κ3) is 5.17. The molecular formula is C49H31N7. The summed E-state index contributed by atoms with van der Waals surface area (Å²) in [5.41, 5.74) is 11.0. The number of rotatable bonds is 6. The number of imidazole rings is 1. The van der Waals surface area contributed by atoms with E-state index in [0.717, 1.165) is 83.1 Å². The molecule has 0 bridgehead atoms. The minimum atomic E-state index is 0.567. The Kier molecular flexibility index (Phi) is 7.35. The van der Waals surface area contributed by atoms with Gasteiger partial charge in [-0.15, -0.1) is 0 Å². The molecule has 11 rings (SSSR count). The number of hydrogen-bond donors (Lipinski definition) is 0. The van der Waals surface area contributed by atoms with Gasteiger partial charge < -0.3 is 0 Å². The second-order valence-corrected chi connectivity index (χ2v) is 13.8. The van der Waals surface area contributed by atoms with E-state index < -0.39 is 0 Å². The minimum absolute atomic E-state index is 0.567. The average Bonchev–Trinajstić information content (AvgIpc) is 3.83. The lowest BCUT2D eigenvalue weighted by Crippen LogP contribution is -2.06. The maximum absolute atomic E-state index is 5.17. The summed E-state index contributed by atoms with van der Waals surface area (Å²) in [6.45, 7) is 0. The normalized spacial score (nSPS) is 11.6. The Labute approximate surface area is 321 Å². The van der Waals surface area contributed by atoms with E-state index in [1.807, 2.05) is 85.1 Å². The molecule has 0 aliphatic heterocycles. The number of hydrogen-bond acceptors (Lipinski definition) is 5. The molecule has 0 spiro atoms. The van der Waals surface area contributed by atoms with Gasteiger partial charge in [-0.3, -0.25) is 14.1 Å². The molecule has 0 aliphatic carbocycles. The molecule has 0 aliphatic rings. The van der Waals surface area contributed by atoms with E-state index in [0.29, 0.717) is 17.6 Å². The van der Waals surface area contributed by atoms with Crippen LogP contribution in [0.5, 0.6) is 0 Å². The van der Waals surface area contributed by atoms with Gasteiger partial charge in [0.25, 0.3) is 0 Å². The van der Waals surface area contributed by atoms with Crippen LogP contribution in [0.2, 0.25) is 0 Å². The van der Waals surface area contributed by atoms with Gasteiger partial charge in [-0.1, -0.05) is 127 Å². The third-order valence-corrected chi connectivity index (χ3v) is 10.5. The highest BCUT2D eigenvalue weighted by atomic mass is 15.2. The molecule has 0 unspecified atom stereocenters. The van der Waals surface area contributed by atoms with Gasteiger partial charge in [0.2, 0.25) is 5.95 Å². The Morgan fingerprint density at radius 2 is 0.982 bits per heavy atom. The first kappa shape index (κ1) is 31.7. The smallest absolute Gasteiger partial charge is 0.238 e. The van der Waals surface area contributed by atoms with Crippen LogP contribution in [0.3, 0.4) is 0 Å². The summed E-state index contributed by atoms with van der Waals surface area (Å²) in [4.78, 5) is 25.3. The van der Waals surface area contributed by atoms with Crippen LogP contribution in [0.25, 0.3) is 101 Å². The van der Waals surface area contributed by atoms with E-state index in [9.17, 15) is 0 Å². The molecule has 0 fully saturated rings. The highest BCUT2D eigenvalue weighted by molar-refractivity contribution is 6.11. The molecular weight excluding hydrogens is 687 g/mol. The van der Waals surface area contributed by atoms with Gasteiger partial charge in [-0.25, -0.2) is 9.97 Å². The van der Waals surface area contributed by atoms with E-state index >= 15 is 0 Å². The van der Waals surface area contributed by atoms with Gasteiger partial charge >= 0.3 is 0 Å². The van der Waals surface area contributed by atoms with Crippen molar-refractivity contribution in [2.45, 2.75) is 0 Å². The number of nitrogens with zero attached hydrogens (tertiary/aromatic N) is 7. The summed E-state index contributed by atoms with van der Waals surface area (Å²) < 4.78 is 4.39. The maximum Gasteiger partial charge on any atom is 0.238 e. The highest BCUT2D eigenvalue weighted by Gasteiger charge is 2.21. The summed E-state index contributed by atoms with van der Waals surface area (Å²) in [5, 5.41) is 3.27. The van der Waals surface area contributed by atoms with E-state index in [1.54, 1.807) is 0 Å². The van der Waals surface area contributed by atoms with Crippen LogP contribution in [-0.2, 0) is 0 Å². The Balaban J connectivity index is 1.10. The van der Waals surface area contributed by atoms with Gasteiger partial charge in [0.1, 0.15) is 5.82 Å². The third-order valence-electron chi connectivity index (χ3n) is 10.5. The number of para-hydroxylation sites is 4. The Morgan fingerprint density at radius 3 is 1.73 bits per heavy atom. The maximum atomic E-state index is 5.17. The van der Waals surface area contributed by atoms with Crippen LogP contribution in [0.4, 0.5) is 0 Å². The van der Waals surface area contributed by atoms with E-state index in [4.69, 9.17) is 24.9 Å². The van der Waals surface area contributed by atoms with Crippen LogP contribution >= 0.6 is 0 Å². The van der Waals surface area contributed by atoms with Crippen molar-refractivity contribution in [1.82, 2.24) is 34.1 Å². The summed E-state index contributed by atoms with van der Waals surface area (Å²) in [6, 6.07) is 62.5. The zero-order valence-electron chi connectivity index (χ0n) is 30.0. The van der Waals surface area contributed by atoms with Crippen molar-refractivity contribution in [2.24, 2.45) is 0 Å². The molecule has 0 saturated carbocycles. The topological polar surface area (TPSA) is 74.3 Å². The molecule has 7 nitrogen and oxygen atoms in total. The second kappa shape index (κ2) is 13.0.